The fourth-order valence-corrected chi connectivity index (χ4v) is 3.70. The van der Waals surface area contributed by atoms with Crippen molar-refractivity contribution in [1.29, 1.82) is 0 Å². The maximum atomic E-state index is 12.2. The van der Waals surface area contributed by atoms with Crippen molar-refractivity contribution in [2.24, 2.45) is 0 Å². The molecule has 0 unspecified atom stereocenters. The molecule has 0 aliphatic carbocycles. The van der Waals surface area contributed by atoms with Crippen LogP contribution in [-0.4, -0.2) is 19.9 Å². The van der Waals surface area contributed by atoms with Gasteiger partial charge >= 0.3 is 0 Å². The van der Waals surface area contributed by atoms with E-state index in [2.05, 4.69) is 9.71 Å². The van der Waals surface area contributed by atoms with Crippen LogP contribution in [0.1, 0.15) is 21.0 Å². The van der Waals surface area contributed by atoms with E-state index in [-0.39, 0.29) is 0 Å². The zero-order valence-electron chi connectivity index (χ0n) is 11.8. The fourth-order valence-electron chi connectivity index (χ4n) is 1.79. The molecule has 0 aliphatic heterocycles. The second-order valence-electron chi connectivity index (χ2n) is 4.74. The van der Waals surface area contributed by atoms with Gasteiger partial charge in [-0.05, 0) is 50.5 Å². The van der Waals surface area contributed by atoms with Crippen LogP contribution >= 0.6 is 11.3 Å². The summed E-state index contributed by atoms with van der Waals surface area (Å²) in [6.45, 7) is 6.20. The highest BCUT2D eigenvalue weighted by atomic mass is 32.2. The number of sulfonamides is 1. The number of rotatable bonds is 5. The van der Waals surface area contributed by atoms with Gasteiger partial charge in [0.25, 0.3) is 0 Å². The van der Waals surface area contributed by atoms with Gasteiger partial charge in [-0.3, -0.25) is 0 Å². The van der Waals surface area contributed by atoms with Crippen LogP contribution in [0.25, 0.3) is 0 Å². The molecule has 0 bridgehead atoms. The number of benzene rings is 1. The molecule has 2 rings (SSSR count). The maximum absolute atomic E-state index is 12.2. The Kier molecular flexibility index (Phi) is 4.57. The van der Waals surface area contributed by atoms with Crippen molar-refractivity contribution in [1.82, 2.24) is 9.71 Å². The van der Waals surface area contributed by atoms with Gasteiger partial charge in [0.2, 0.25) is 10.0 Å². The summed E-state index contributed by atoms with van der Waals surface area (Å²) < 4.78 is 27.0. The molecule has 1 aromatic carbocycles. The molecule has 4 nitrogen and oxygen atoms in total. The van der Waals surface area contributed by atoms with Crippen molar-refractivity contribution >= 4 is 21.4 Å². The molecule has 0 spiro atoms. The van der Waals surface area contributed by atoms with E-state index in [0.717, 1.165) is 21.0 Å². The van der Waals surface area contributed by atoms with Crippen molar-refractivity contribution in [3.8, 4) is 0 Å². The first-order valence-corrected chi connectivity index (χ1v) is 8.67. The second-order valence-corrected chi connectivity index (χ2v) is 7.83. The lowest BCUT2D eigenvalue weighted by Crippen LogP contribution is -2.25. The summed E-state index contributed by atoms with van der Waals surface area (Å²) in [4.78, 5) is 5.56. The predicted molar refractivity (Wildman–Crippen MR) is 81.7 cm³/mol. The molecule has 6 heteroatoms. The van der Waals surface area contributed by atoms with E-state index >= 15 is 0 Å². The van der Waals surface area contributed by atoms with Gasteiger partial charge in [-0.15, -0.1) is 11.3 Å². The summed E-state index contributed by atoms with van der Waals surface area (Å²) >= 11 is 1.59. The van der Waals surface area contributed by atoms with Crippen LogP contribution in [0.2, 0.25) is 0 Å². The van der Waals surface area contributed by atoms with Gasteiger partial charge in [0.15, 0.2) is 0 Å². The van der Waals surface area contributed by atoms with Crippen molar-refractivity contribution in [2.45, 2.75) is 32.1 Å². The molecule has 1 heterocycles. The molecule has 20 heavy (non-hydrogen) atoms. The van der Waals surface area contributed by atoms with Gasteiger partial charge in [-0.25, -0.2) is 18.1 Å². The van der Waals surface area contributed by atoms with Crippen molar-refractivity contribution < 1.29 is 8.42 Å². The smallest absolute Gasteiger partial charge is 0.240 e. The van der Waals surface area contributed by atoms with Crippen LogP contribution in [0, 0.1) is 20.8 Å². The maximum Gasteiger partial charge on any atom is 0.240 e. The van der Waals surface area contributed by atoms with E-state index in [1.165, 1.54) is 0 Å². The van der Waals surface area contributed by atoms with E-state index < -0.39 is 10.0 Å². The monoisotopic (exact) mass is 310 g/mol. The number of aromatic nitrogens is 1. The minimum Gasteiger partial charge on any atom is -0.250 e. The molecular weight excluding hydrogens is 292 g/mol. The standard InChI is InChI=1S/C14H18N2O2S2/c1-10-4-5-14(8-11(10)2)20(17,18)16-7-6-13-9-15-12(3)19-13/h4-5,8-9,16H,6-7H2,1-3H3. The summed E-state index contributed by atoms with van der Waals surface area (Å²) in [5.74, 6) is 0. The topological polar surface area (TPSA) is 59.1 Å². The van der Waals surface area contributed by atoms with Gasteiger partial charge in [-0.1, -0.05) is 6.07 Å². The average Bonchev–Trinajstić information content (AvgIpc) is 2.78. The number of aryl methyl sites for hydroxylation is 3. The first-order chi connectivity index (χ1) is 9.38. The van der Waals surface area contributed by atoms with Crippen LogP contribution in [0.15, 0.2) is 29.3 Å². The summed E-state index contributed by atoms with van der Waals surface area (Å²) in [5.41, 5.74) is 2.06. The Morgan fingerprint density at radius 2 is 1.95 bits per heavy atom. The number of hydrogen-bond donors (Lipinski definition) is 1. The highest BCUT2D eigenvalue weighted by molar-refractivity contribution is 7.89. The van der Waals surface area contributed by atoms with Crippen molar-refractivity contribution in [3.05, 3.63) is 45.4 Å². The van der Waals surface area contributed by atoms with Crippen LogP contribution < -0.4 is 4.72 Å². The SMILES string of the molecule is Cc1ncc(CCNS(=O)(=O)c2ccc(C)c(C)c2)s1. The number of nitrogens with zero attached hydrogens (tertiary/aromatic N) is 1. The van der Waals surface area contributed by atoms with Gasteiger partial charge in [0.1, 0.15) is 0 Å². The second kappa shape index (κ2) is 6.03. The largest absolute Gasteiger partial charge is 0.250 e. The fraction of sp³-hybridized carbons (Fsp3) is 0.357. The number of thiazole rings is 1. The Hall–Kier alpha value is -1.24. The van der Waals surface area contributed by atoms with Crippen LogP contribution in [-0.2, 0) is 16.4 Å². The van der Waals surface area contributed by atoms with E-state index in [9.17, 15) is 8.42 Å². The molecule has 1 aromatic heterocycles. The zero-order chi connectivity index (χ0) is 14.8. The summed E-state index contributed by atoms with van der Waals surface area (Å²) in [7, 11) is -3.43. The van der Waals surface area contributed by atoms with Gasteiger partial charge in [0, 0.05) is 17.6 Å². The molecule has 0 saturated carbocycles. The molecule has 0 saturated heterocycles. The highest BCUT2D eigenvalue weighted by Crippen LogP contribution is 2.15. The summed E-state index contributed by atoms with van der Waals surface area (Å²) in [6.07, 6.45) is 2.46. The van der Waals surface area contributed by atoms with E-state index in [1.54, 1.807) is 29.7 Å². The lowest BCUT2D eigenvalue weighted by atomic mass is 10.1. The minimum atomic E-state index is -3.43. The molecule has 1 N–H and O–H groups in total. The summed E-state index contributed by atoms with van der Waals surface area (Å²) in [6, 6.07) is 5.17. The van der Waals surface area contributed by atoms with Crippen LogP contribution in [0.5, 0.6) is 0 Å². The Bertz CT molecular complexity index is 706. The molecule has 0 fully saturated rings. The Morgan fingerprint density at radius 1 is 1.20 bits per heavy atom. The zero-order valence-corrected chi connectivity index (χ0v) is 13.4. The third-order valence-electron chi connectivity index (χ3n) is 3.12. The normalized spacial score (nSPS) is 11.8. The van der Waals surface area contributed by atoms with Gasteiger partial charge in [0.05, 0.1) is 9.90 Å². The lowest BCUT2D eigenvalue weighted by molar-refractivity contribution is 0.581. The van der Waals surface area contributed by atoms with Crippen LogP contribution in [0.3, 0.4) is 0 Å². The first-order valence-electron chi connectivity index (χ1n) is 6.37. The molecule has 0 aliphatic rings. The van der Waals surface area contributed by atoms with E-state index in [0.29, 0.717) is 17.9 Å². The quantitative estimate of drug-likeness (QED) is 0.923. The van der Waals surface area contributed by atoms with E-state index in [1.807, 2.05) is 26.8 Å². The first kappa shape index (κ1) is 15.2. The van der Waals surface area contributed by atoms with E-state index in [4.69, 9.17) is 0 Å². The third kappa shape index (κ3) is 3.65. The Balaban J connectivity index is 2.02. The molecule has 108 valence electrons. The number of nitrogens with one attached hydrogen (secondary N) is 1. The van der Waals surface area contributed by atoms with Gasteiger partial charge in [-0.2, -0.15) is 0 Å². The third-order valence-corrected chi connectivity index (χ3v) is 5.55. The summed E-state index contributed by atoms with van der Waals surface area (Å²) in [5, 5.41) is 0.997. The van der Waals surface area contributed by atoms with Crippen molar-refractivity contribution in [2.75, 3.05) is 6.54 Å². The Morgan fingerprint density at radius 3 is 2.55 bits per heavy atom. The molecule has 0 amide bonds. The molecular formula is C14H18N2O2S2. The minimum absolute atomic E-state index is 0.320. The lowest BCUT2D eigenvalue weighted by Gasteiger charge is -2.08. The average molecular weight is 310 g/mol. The van der Waals surface area contributed by atoms with Gasteiger partial charge < -0.3 is 0 Å². The predicted octanol–water partition coefficient (Wildman–Crippen LogP) is 2.59. The highest BCUT2D eigenvalue weighted by Gasteiger charge is 2.14. The molecule has 0 atom stereocenters. The van der Waals surface area contributed by atoms with Crippen LogP contribution in [0.4, 0.5) is 0 Å². The number of hydrogen-bond acceptors (Lipinski definition) is 4. The van der Waals surface area contributed by atoms with Crippen molar-refractivity contribution in [3.63, 3.8) is 0 Å². The molecule has 2 aromatic rings. The molecule has 0 radical (unpaired) electrons. The Labute approximate surface area is 123 Å².